The molecule has 0 saturated carbocycles. The quantitative estimate of drug-likeness (QED) is 0.662. The fourth-order valence-electron chi connectivity index (χ4n) is 1.67. The predicted octanol–water partition coefficient (Wildman–Crippen LogP) is 2.02. The molecule has 0 unspecified atom stereocenters. The van der Waals surface area contributed by atoms with Gasteiger partial charge in [0.05, 0.1) is 6.21 Å². The van der Waals surface area contributed by atoms with Crippen LogP contribution in [0.25, 0.3) is 11.1 Å². The first kappa shape index (κ1) is 8.74. The number of fused-ring (bicyclic) bond motifs is 1. The number of nitrogens with zero attached hydrogens (tertiary/aromatic N) is 1. The maximum Gasteiger partial charge on any atom is 0.449 e. The molecule has 0 N–H and O–H groups in total. The van der Waals surface area contributed by atoms with E-state index in [9.17, 15) is 0 Å². The van der Waals surface area contributed by atoms with Gasteiger partial charge in [-0.1, -0.05) is 18.2 Å². The first-order chi connectivity index (χ1) is 7.45. The van der Waals surface area contributed by atoms with Crippen molar-refractivity contribution in [2.45, 2.75) is 0 Å². The number of oxime groups is 1. The summed E-state index contributed by atoms with van der Waals surface area (Å²) < 4.78 is 4.98. The van der Waals surface area contributed by atoms with E-state index in [0.717, 1.165) is 11.0 Å². The standard InChI is InChI=1S/C11H7BNOS/c1-2-8-6-13-14-12-11(8)10(3-1)9-4-5-15-7-9/h1-7H. The van der Waals surface area contributed by atoms with Gasteiger partial charge in [0.2, 0.25) is 0 Å². The summed E-state index contributed by atoms with van der Waals surface area (Å²) in [6, 6.07) is 8.28. The van der Waals surface area contributed by atoms with E-state index in [1.165, 1.54) is 11.1 Å². The molecule has 0 aliphatic carbocycles. The molecule has 1 radical (unpaired) electrons. The molecular weight excluding hydrogens is 205 g/mol. The van der Waals surface area contributed by atoms with Gasteiger partial charge >= 0.3 is 7.48 Å². The first-order valence-corrected chi connectivity index (χ1v) is 5.57. The topological polar surface area (TPSA) is 21.6 Å². The Morgan fingerprint density at radius 1 is 1.27 bits per heavy atom. The molecule has 1 aromatic carbocycles. The summed E-state index contributed by atoms with van der Waals surface area (Å²) in [7, 11) is 1.70. The second kappa shape index (κ2) is 3.55. The van der Waals surface area contributed by atoms with Crippen LogP contribution in [0, 0.1) is 0 Å². The zero-order chi connectivity index (χ0) is 10.1. The second-order valence-electron chi connectivity index (χ2n) is 3.28. The van der Waals surface area contributed by atoms with Gasteiger partial charge in [-0.2, -0.15) is 11.3 Å². The molecule has 2 aromatic rings. The summed E-state index contributed by atoms with van der Waals surface area (Å²) in [5, 5.41) is 7.97. The Kier molecular flexibility index (Phi) is 2.07. The van der Waals surface area contributed by atoms with Gasteiger partial charge in [0.15, 0.2) is 0 Å². The Labute approximate surface area is 92.5 Å². The van der Waals surface area contributed by atoms with Crippen molar-refractivity contribution >= 4 is 30.5 Å². The lowest BCUT2D eigenvalue weighted by molar-refractivity contribution is 0.370. The summed E-state index contributed by atoms with van der Waals surface area (Å²) in [5.74, 6) is 0. The van der Waals surface area contributed by atoms with Crippen molar-refractivity contribution in [3.05, 3.63) is 40.6 Å². The zero-order valence-corrected chi connectivity index (χ0v) is 8.70. The van der Waals surface area contributed by atoms with Crippen LogP contribution in [0.4, 0.5) is 0 Å². The van der Waals surface area contributed by atoms with E-state index in [-0.39, 0.29) is 0 Å². The van der Waals surface area contributed by atoms with E-state index < -0.39 is 0 Å². The van der Waals surface area contributed by atoms with E-state index >= 15 is 0 Å². The van der Waals surface area contributed by atoms with Crippen molar-refractivity contribution < 1.29 is 4.76 Å². The van der Waals surface area contributed by atoms with Crippen LogP contribution >= 0.6 is 11.3 Å². The highest BCUT2D eigenvalue weighted by Gasteiger charge is 2.15. The van der Waals surface area contributed by atoms with Crippen LogP contribution < -0.4 is 5.46 Å². The lowest BCUT2D eigenvalue weighted by Crippen LogP contribution is -2.26. The van der Waals surface area contributed by atoms with Gasteiger partial charge in [-0.3, -0.25) is 0 Å². The van der Waals surface area contributed by atoms with Crippen molar-refractivity contribution in [3.8, 4) is 11.1 Å². The molecular formula is C11H7BNOS. The summed E-state index contributed by atoms with van der Waals surface area (Å²) in [6.45, 7) is 0. The zero-order valence-electron chi connectivity index (χ0n) is 7.88. The van der Waals surface area contributed by atoms with Gasteiger partial charge in [-0.05, 0) is 39.0 Å². The predicted molar refractivity (Wildman–Crippen MR) is 63.8 cm³/mol. The van der Waals surface area contributed by atoms with E-state index in [2.05, 4.69) is 28.0 Å². The van der Waals surface area contributed by atoms with Crippen LogP contribution in [0.3, 0.4) is 0 Å². The number of hydrogen-bond acceptors (Lipinski definition) is 3. The third kappa shape index (κ3) is 1.47. The largest absolute Gasteiger partial charge is 0.468 e. The molecule has 0 atom stereocenters. The van der Waals surface area contributed by atoms with Gasteiger partial charge in [0.1, 0.15) is 0 Å². The molecule has 1 aliphatic rings. The molecule has 2 heterocycles. The van der Waals surface area contributed by atoms with Gasteiger partial charge < -0.3 is 4.76 Å². The fraction of sp³-hybridized carbons (Fsp3) is 0. The van der Waals surface area contributed by atoms with E-state index in [0.29, 0.717) is 0 Å². The smallest absolute Gasteiger partial charge is 0.449 e. The molecule has 0 amide bonds. The molecule has 15 heavy (non-hydrogen) atoms. The molecule has 3 rings (SSSR count). The highest BCUT2D eigenvalue weighted by molar-refractivity contribution is 7.08. The third-order valence-corrected chi connectivity index (χ3v) is 3.08. The monoisotopic (exact) mass is 212 g/mol. The molecule has 0 fully saturated rings. The van der Waals surface area contributed by atoms with Gasteiger partial charge in [-0.25, -0.2) is 0 Å². The number of benzene rings is 1. The molecule has 2 nitrogen and oxygen atoms in total. The van der Waals surface area contributed by atoms with Crippen molar-refractivity contribution in [1.29, 1.82) is 0 Å². The van der Waals surface area contributed by atoms with Crippen LogP contribution in [-0.4, -0.2) is 13.7 Å². The Morgan fingerprint density at radius 2 is 2.27 bits per heavy atom. The maximum absolute atomic E-state index is 4.98. The van der Waals surface area contributed by atoms with E-state index in [1.54, 1.807) is 25.0 Å². The number of hydrogen-bond donors (Lipinski definition) is 0. The minimum absolute atomic E-state index is 1.10. The van der Waals surface area contributed by atoms with Crippen molar-refractivity contribution in [3.63, 3.8) is 0 Å². The molecule has 0 bridgehead atoms. The molecule has 1 aromatic heterocycles. The maximum atomic E-state index is 4.98. The van der Waals surface area contributed by atoms with Crippen molar-refractivity contribution in [2.75, 3.05) is 0 Å². The fourth-order valence-corrected chi connectivity index (χ4v) is 2.32. The average molecular weight is 212 g/mol. The van der Waals surface area contributed by atoms with Crippen LogP contribution in [-0.2, 0) is 4.76 Å². The highest BCUT2D eigenvalue weighted by atomic mass is 32.1. The lowest BCUT2D eigenvalue weighted by atomic mass is 9.78. The Balaban J connectivity index is 2.21. The Hall–Kier alpha value is -1.55. The molecule has 4 heteroatoms. The normalized spacial score (nSPS) is 12.8. The second-order valence-corrected chi connectivity index (χ2v) is 4.06. The van der Waals surface area contributed by atoms with E-state index in [4.69, 9.17) is 4.76 Å². The Bertz CT molecular complexity index is 507. The molecule has 0 saturated heterocycles. The first-order valence-electron chi connectivity index (χ1n) is 4.63. The highest BCUT2D eigenvalue weighted by Crippen LogP contribution is 2.21. The van der Waals surface area contributed by atoms with Gasteiger partial charge in [-0.15, -0.1) is 5.16 Å². The molecule has 71 valence electrons. The summed E-state index contributed by atoms with van der Waals surface area (Å²) >= 11 is 1.70. The Morgan fingerprint density at radius 3 is 3.13 bits per heavy atom. The SMILES string of the molecule is [B]1ON=Cc2cccc(-c3ccsc3)c21. The minimum Gasteiger partial charge on any atom is -0.468 e. The van der Waals surface area contributed by atoms with Crippen LogP contribution in [0.2, 0.25) is 0 Å². The average Bonchev–Trinajstić information content (AvgIpc) is 2.82. The van der Waals surface area contributed by atoms with Crippen LogP contribution in [0.5, 0.6) is 0 Å². The van der Waals surface area contributed by atoms with Crippen LogP contribution in [0.15, 0.2) is 40.2 Å². The summed E-state index contributed by atoms with van der Waals surface area (Å²) in [5.41, 5.74) is 4.63. The molecule has 1 aliphatic heterocycles. The van der Waals surface area contributed by atoms with Gasteiger partial charge in [0.25, 0.3) is 0 Å². The van der Waals surface area contributed by atoms with Crippen molar-refractivity contribution in [1.82, 2.24) is 0 Å². The van der Waals surface area contributed by atoms with Gasteiger partial charge in [0, 0.05) is 0 Å². The molecule has 0 spiro atoms. The number of rotatable bonds is 1. The van der Waals surface area contributed by atoms with E-state index in [1.807, 2.05) is 12.1 Å². The summed E-state index contributed by atoms with van der Waals surface area (Å²) in [4.78, 5) is 0. The number of thiophene rings is 1. The van der Waals surface area contributed by atoms with Crippen molar-refractivity contribution in [2.24, 2.45) is 5.16 Å². The third-order valence-electron chi connectivity index (χ3n) is 2.40. The lowest BCUT2D eigenvalue weighted by Gasteiger charge is -2.12. The van der Waals surface area contributed by atoms with Crippen LogP contribution in [0.1, 0.15) is 5.56 Å². The minimum atomic E-state index is 1.10. The summed E-state index contributed by atoms with van der Waals surface area (Å²) in [6.07, 6.45) is 1.74.